The summed E-state index contributed by atoms with van der Waals surface area (Å²) in [6, 6.07) is 7.47. The van der Waals surface area contributed by atoms with Gasteiger partial charge >= 0.3 is 6.18 Å². The monoisotopic (exact) mass is 375 g/mol. The first-order valence-corrected chi connectivity index (χ1v) is 8.22. The van der Waals surface area contributed by atoms with E-state index in [0.717, 1.165) is 11.6 Å². The molecule has 134 valence electrons. The van der Waals surface area contributed by atoms with Gasteiger partial charge in [0.25, 0.3) is 15.8 Å². The van der Waals surface area contributed by atoms with Gasteiger partial charge in [0.2, 0.25) is 0 Å². The number of nitro groups is 1. The first kappa shape index (κ1) is 18.9. The SMILES string of the molecule is Cc1ccc(S(=O)(=O)OCc2ccc(C(F)(F)F)cc2[N+](=O)[O-])cc1. The van der Waals surface area contributed by atoms with Gasteiger partial charge in [-0.05, 0) is 31.2 Å². The summed E-state index contributed by atoms with van der Waals surface area (Å²) in [5, 5.41) is 11.0. The molecular formula is C15H12F3NO5S. The van der Waals surface area contributed by atoms with Crippen LogP contribution < -0.4 is 0 Å². The molecule has 0 aliphatic heterocycles. The standard InChI is InChI=1S/C15H12F3NO5S/c1-10-2-6-13(7-3-10)25(22,23)24-9-11-4-5-12(15(16,17)18)8-14(11)19(20)21/h2-8H,9H2,1H3. The van der Waals surface area contributed by atoms with E-state index >= 15 is 0 Å². The van der Waals surface area contributed by atoms with E-state index in [9.17, 15) is 31.7 Å². The van der Waals surface area contributed by atoms with Gasteiger partial charge in [0.15, 0.2) is 0 Å². The van der Waals surface area contributed by atoms with Gasteiger partial charge in [-0.25, -0.2) is 0 Å². The predicted octanol–water partition coefficient (Wildman–Crippen LogP) is 3.83. The highest BCUT2D eigenvalue weighted by molar-refractivity contribution is 7.86. The molecule has 2 rings (SSSR count). The molecule has 0 heterocycles. The van der Waals surface area contributed by atoms with Crippen molar-refractivity contribution in [1.82, 2.24) is 0 Å². The fraction of sp³-hybridized carbons (Fsp3) is 0.200. The van der Waals surface area contributed by atoms with Gasteiger partial charge in [-0.2, -0.15) is 21.6 Å². The maximum absolute atomic E-state index is 12.6. The number of hydrogen-bond donors (Lipinski definition) is 0. The van der Waals surface area contributed by atoms with Crippen molar-refractivity contribution in [2.45, 2.75) is 24.6 Å². The zero-order valence-corrected chi connectivity index (χ0v) is 13.6. The third-order valence-corrected chi connectivity index (χ3v) is 4.57. The van der Waals surface area contributed by atoms with E-state index in [0.29, 0.717) is 12.1 Å². The maximum atomic E-state index is 12.6. The molecule has 6 nitrogen and oxygen atoms in total. The molecule has 0 saturated heterocycles. The first-order chi connectivity index (χ1) is 11.5. The van der Waals surface area contributed by atoms with Crippen molar-refractivity contribution in [1.29, 1.82) is 0 Å². The minimum Gasteiger partial charge on any atom is -0.261 e. The van der Waals surface area contributed by atoms with E-state index in [2.05, 4.69) is 0 Å². The van der Waals surface area contributed by atoms with Crippen LogP contribution >= 0.6 is 0 Å². The Kier molecular flexibility index (Phi) is 5.14. The first-order valence-electron chi connectivity index (χ1n) is 6.81. The second-order valence-corrected chi connectivity index (χ2v) is 6.74. The molecule has 0 amide bonds. The van der Waals surface area contributed by atoms with Crippen LogP contribution in [0.15, 0.2) is 47.4 Å². The Bertz CT molecular complexity index is 892. The molecule has 0 spiro atoms. The Labute approximate surface area is 141 Å². The van der Waals surface area contributed by atoms with Crippen molar-refractivity contribution < 1.29 is 30.7 Å². The summed E-state index contributed by atoms with van der Waals surface area (Å²) in [6.45, 7) is 0.994. The molecule has 0 aliphatic rings. The van der Waals surface area contributed by atoms with Crippen LogP contribution in [0.3, 0.4) is 0 Å². The number of aryl methyl sites for hydroxylation is 1. The van der Waals surface area contributed by atoms with Crippen LogP contribution in [0.2, 0.25) is 0 Å². The Morgan fingerprint density at radius 3 is 2.24 bits per heavy atom. The topological polar surface area (TPSA) is 86.5 Å². The van der Waals surface area contributed by atoms with E-state index in [1.807, 2.05) is 0 Å². The molecule has 0 aromatic heterocycles. The number of nitrogens with zero attached hydrogens (tertiary/aromatic N) is 1. The molecule has 0 atom stereocenters. The van der Waals surface area contributed by atoms with Crippen molar-refractivity contribution in [2.24, 2.45) is 0 Å². The van der Waals surface area contributed by atoms with Crippen LogP contribution in [-0.2, 0) is 27.1 Å². The van der Waals surface area contributed by atoms with E-state index < -0.39 is 39.1 Å². The van der Waals surface area contributed by atoms with Crippen LogP contribution in [0.25, 0.3) is 0 Å². The fourth-order valence-corrected chi connectivity index (χ4v) is 2.83. The van der Waals surface area contributed by atoms with E-state index in [1.165, 1.54) is 24.3 Å². The van der Waals surface area contributed by atoms with Crippen LogP contribution in [0.1, 0.15) is 16.7 Å². The summed E-state index contributed by atoms with van der Waals surface area (Å²) >= 11 is 0. The summed E-state index contributed by atoms with van der Waals surface area (Å²) in [4.78, 5) is 9.79. The lowest BCUT2D eigenvalue weighted by Crippen LogP contribution is -2.10. The highest BCUT2D eigenvalue weighted by Gasteiger charge is 2.33. The number of hydrogen-bond acceptors (Lipinski definition) is 5. The van der Waals surface area contributed by atoms with Gasteiger partial charge in [0.05, 0.1) is 27.6 Å². The Morgan fingerprint density at radius 2 is 1.72 bits per heavy atom. The van der Waals surface area contributed by atoms with Crippen LogP contribution in [-0.4, -0.2) is 13.3 Å². The van der Waals surface area contributed by atoms with Crippen LogP contribution in [0.5, 0.6) is 0 Å². The quantitative estimate of drug-likeness (QED) is 0.450. The van der Waals surface area contributed by atoms with E-state index in [1.54, 1.807) is 6.92 Å². The lowest BCUT2D eigenvalue weighted by Gasteiger charge is -2.10. The van der Waals surface area contributed by atoms with E-state index in [4.69, 9.17) is 4.18 Å². The van der Waals surface area contributed by atoms with Gasteiger partial charge in [-0.3, -0.25) is 14.3 Å². The van der Waals surface area contributed by atoms with Crippen LogP contribution in [0, 0.1) is 17.0 Å². The van der Waals surface area contributed by atoms with Crippen LogP contribution in [0.4, 0.5) is 18.9 Å². The van der Waals surface area contributed by atoms with Gasteiger partial charge in [-0.15, -0.1) is 0 Å². The molecule has 25 heavy (non-hydrogen) atoms. The zero-order valence-electron chi connectivity index (χ0n) is 12.8. The highest BCUT2D eigenvalue weighted by Crippen LogP contribution is 2.33. The molecule has 0 saturated carbocycles. The number of benzene rings is 2. The third kappa shape index (κ3) is 4.54. The molecule has 0 radical (unpaired) electrons. The second kappa shape index (κ2) is 6.81. The van der Waals surface area contributed by atoms with Gasteiger partial charge in [0, 0.05) is 6.07 Å². The van der Waals surface area contributed by atoms with Gasteiger partial charge in [-0.1, -0.05) is 17.7 Å². The average Bonchev–Trinajstić information content (AvgIpc) is 2.52. The Hall–Kier alpha value is -2.46. The normalized spacial score (nSPS) is 12.2. The number of rotatable bonds is 5. The fourth-order valence-electron chi connectivity index (χ4n) is 1.95. The molecule has 0 bridgehead atoms. The molecule has 2 aromatic carbocycles. The van der Waals surface area contributed by atoms with Crippen molar-refractivity contribution in [2.75, 3.05) is 0 Å². The average molecular weight is 375 g/mol. The molecule has 0 unspecified atom stereocenters. The molecule has 10 heteroatoms. The van der Waals surface area contributed by atoms with Crippen molar-refractivity contribution in [3.8, 4) is 0 Å². The van der Waals surface area contributed by atoms with Crippen molar-refractivity contribution >= 4 is 15.8 Å². The Morgan fingerprint density at radius 1 is 1.12 bits per heavy atom. The second-order valence-electron chi connectivity index (χ2n) is 5.13. The number of halogens is 3. The van der Waals surface area contributed by atoms with Gasteiger partial charge < -0.3 is 0 Å². The summed E-state index contributed by atoms with van der Waals surface area (Å²) in [5.41, 5.74) is -1.54. The summed E-state index contributed by atoms with van der Waals surface area (Å²) in [5.74, 6) is 0. The summed E-state index contributed by atoms with van der Waals surface area (Å²) in [6.07, 6.45) is -4.75. The minimum absolute atomic E-state index is 0.160. The van der Waals surface area contributed by atoms with Gasteiger partial charge in [0.1, 0.15) is 0 Å². The highest BCUT2D eigenvalue weighted by atomic mass is 32.2. The molecular weight excluding hydrogens is 363 g/mol. The lowest BCUT2D eigenvalue weighted by atomic mass is 10.1. The molecule has 0 N–H and O–H groups in total. The summed E-state index contributed by atoms with van der Waals surface area (Å²) in [7, 11) is -4.20. The third-order valence-electron chi connectivity index (χ3n) is 3.29. The molecule has 0 aliphatic carbocycles. The smallest absolute Gasteiger partial charge is 0.261 e. The molecule has 0 fully saturated rings. The zero-order chi connectivity index (χ0) is 18.8. The maximum Gasteiger partial charge on any atom is 0.416 e. The lowest BCUT2D eigenvalue weighted by molar-refractivity contribution is -0.386. The molecule has 2 aromatic rings. The van der Waals surface area contributed by atoms with E-state index in [-0.39, 0.29) is 10.5 Å². The number of alkyl halides is 3. The summed E-state index contributed by atoms with van der Waals surface area (Å²) < 4.78 is 66.8. The predicted molar refractivity (Wildman–Crippen MR) is 81.3 cm³/mol. The van der Waals surface area contributed by atoms with Crippen molar-refractivity contribution in [3.05, 3.63) is 69.3 Å². The van der Waals surface area contributed by atoms with Crippen molar-refractivity contribution in [3.63, 3.8) is 0 Å². The number of nitro benzene ring substituents is 1. The minimum atomic E-state index is -4.75. The largest absolute Gasteiger partial charge is 0.416 e. The Balaban J connectivity index is 2.28.